The van der Waals surface area contributed by atoms with Gasteiger partial charge in [0.05, 0.1) is 17.7 Å². The van der Waals surface area contributed by atoms with E-state index in [1.807, 2.05) is 12.2 Å². The Labute approximate surface area is 112 Å². The second-order valence-electron chi connectivity index (χ2n) is 3.48. The molecule has 0 aliphatic carbocycles. The third kappa shape index (κ3) is 5.93. The zero-order chi connectivity index (χ0) is 14.3. The molecule has 0 aliphatic heterocycles. The number of nitrogens with zero attached hydrogens (tertiary/aromatic N) is 1. The predicted molar refractivity (Wildman–Crippen MR) is 65.7 cm³/mol. The molecule has 0 bridgehead atoms. The van der Waals surface area contributed by atoms with Crippen molar-refractivity contribution in [3.63, 3.8) is 0 Å². The van der Waals surface area contributed by atoms with Gasteiger partial charge in [-0.25, -0.2) is 14.6 Å². The molecule has 9 heteroatoms. The molecule has 0 unspecified atom stereocenters. The van der Waals surface area contributed by atoms with Gasteiger partial charge in [0.1, 0.15) is 13.2 Å². The number of aryl methyl sites for hydroxylation is 1. The molecule has 0 aromatic carbocycles. The summed E-state index contributed by atoms with van der Waals surface area (Å²) < 4.78 is 4.53. The fraction of sp³-hybridized carbons (Fsp3) is 0.400. The summed E-state index contributed by atoms with van der Waals surface area (Å²) in [6, 6.07) is -0.670. The highest BCUT2D eigenvalue weighted by Crippen LogP contribution is 2.10. The molecule has 1 aromatic rings. The number of carboxylic acids is 1. The maximum atomic E-state index is 11.3. The normalized spacial score (nSPS) is 9.95. The van der Waals surface area contributed by atoms with E-state index in [1.165, 1.54) is 11.3 Å². The van der Waals surface area contributed by atoms with Crippen molar-refractivity contribution in [2.75, 3.05) is 13.2 Å². The number of amides is 3. The van der Waals surface area contributed by atoms with Crippen LogP contribution >= 0.6 is 11.3 Å². The zero-order valence-corrected chi connectivity index (χ0v) is 11.0. The van der Waals surface area contributed by atoms with Gasteiger partial charge in [-0.2, -0.15) is 0 Å². The molecule has 3 amide bonds. The number of hydrogen-bond acceptors (Lipinski definition) is 6. The van der Waals surface area contributed by atoms with Crippen LogP contribution in [0.1, 0.15) is 10.6 Å². The Bertz CT molecular complexity index is 473. The molecule has 3 N–H and O–H groups in total. The number of carbonyl (C=O) groups excluding carboxylic acids is 2. The van der Waals surface area contributed by atoms with E-state index in [9.17, 15) is 14.4 Å². The molecule has 19 heavy (non-hydrogen) atoms. The summed E-state index contributed by atoms with van der Waals surface area (Å²) in [7, 11) is 0. The number of aliphatic carboxylic acids is 1. The van der Waals surface area contributed by atoms with E-state index in [0.717, 1.165) is 10.6 Å². The van der Waals surface area contributed by atoms with E-state index in [1.54, 1.807) is 5.51 Å². The quantitative estimate of drug-likeness (QED) is 0.671. The summed E-state index contributed by atoms with van der Waals surface area (Å²) in [5.74, 6) is -1.89. The van der Waals surface area contributed by atoms with Crippen LogP contribution in [-0.2, 0) is 20.9 Å². The Hall–Kier alpha value is -2.00. The number of hydrogen-bond donors (Lipinski definition) is 3. The third-order valence-corrected chi connectivity index (χ3v) is 2.90. The van der Waals surface area contributed by atoms with Crippen LogP contribution in [0, 0.1) is 6.92 Å². The first kappa shape index (κ1) is 15.1. The van der Waals surface area contributed by atoms with E-state index < -0.39 is 31.1 Å². The number of imide groups is 1. The Balaban J connectivity index is 2.22. The lowest BCUT2D eigenvalue weighted by Crippen LogP contribution is -2.41. The van der Waals surface area contributed by atoms with Crippen molar-refractivity contribution in [2.24, 2.45) is 0 Å². The maximum absolute atomic E-state index is 11.3. The van der Waals surface area contributed by atoms with Crippen molar-refractivity contribution in [1.29, 1.82) is 0 Å². The Morgan fingerprint density at radius 1 is 1.42 bits per heavy atom. The molecule has 0 saturated heterocycles. The van der Waals surface area contributed by atoms with Gasteiger partial charge in [-0.15, -0.1) is 11.3 Å². The second-order valence-corrected chi connectivity index (χ2v) is 4.42. The molecular formula is C10H13N3O5S. The summed E-state index contributed by atoms with van der Waals surface area (Å²) in [5, 5.41) is 12.8. The number of nitrogens with one attached hydrogen (secondary N) is 2. The monoisotopic (exact) mass is 287 g/mol. The minimum Gasteiger partial charge on any atom is -0.480 e. The molecule has 1 heterocycles. The molecule has 1 rings (SSSR count). The fourth-order valence-corrected chi connectivity index (χ4v) is 1.81. The number of thiazole rings is 1. The smallest absolute Gasteiger partial charge is 0.329 e. The standard InChI is InChI=1S/C10H13N3O5S/c1-6-7(19-5-12-6)2-11-10(17)13-8(14)3-18-4-9(15)16/h5H,2-4H2,1H3,(H,15,16)(H2,11,13,14,17). The third-order valence-electron chi connectivity index (χ3n) is 1.97. The van der Waals surface area contributed by atoms with Crippen LogP contribution in [0.3, 0.4) is 0 Å². The average molecular weight is 287 g/mol. The maximum Gasteiger partial charge on any atom is 0.329 e. The summed E-state index contributed by atoms with van der Waals surface area (Å²) in [5.41, 5.74) is 2.48. The number of aromatic nitrogens is 1. The van der Waals surface area contributed by atoms with E-state index in [0.29, 0.717) is 0 Å². The van der Waals surface area contributed by atoms with Crippen LogP contribution in [0.2, 0.25) is 0 Å². The van der Waals surface area contributed by atoms with Crippen LogP contribution < -0.4 is 10.6 Å². The lowest BCUT2D eigenvalue weighted by Gasteiger charge is -2.06. The van der Waals surface area contributed by atoms with Crippen LogP contribution in [0.25, 0.3) is 0 Å². The van der Waals surface area contributed by atoms with Crippen LogP contribution in [0.5, 0.6) is 0 Å². The van der Waals surface area contributed by atoms with Gasteiger partial charge in [0.25, 0.3) is 5.91 Å². The summed E-state index contributed by atoms with van der Waals surface area (Å²) >= 11 is 1.40. The van der Waals surface area contributed by atoms with Crippen molar-refractivity contribution in [3.8, 4) is 0 Å². The largest absolute Gasteiger partial charge is 0.480 e. The number of rotatable bonds is 6. The van der Waals surface area contributed by atoms with Gasteiger partial charge < -0.3 is 15.2 Å². The fourth-order valence-electron chi connectivity index (χ4n) is 1.09. The molecule has 0 spiro atoms. The van der Waals surface area contributed by atoms with E-state index in [2.05, 4.69) is 15.0 Å². The second kappa shape index (κ2) is 7.44. The number of carbonyl (C=O) groups is 3. The summed E-state index contributed by atoms with van der Waals surface area (Å²) in [4.78, 5) is 37.5. The Morgan fingerprint density at radius 3 is 2.74 bits per heavy atom. The van der Waals surface area contributed by atoms with Crippen LogP contribution in [-0.4, -0.2) is 41.2 Å². The first-order valence-electron chi connectivity index (χ1n) is 5.25. The van der Waals surface area contributed by atoms with Crippen molar-refractivity contribution in [2.45, 2.75) is 13.5 Å². The molecular weight excluding hydrogens is 274 g/mol. The first-order chi connectivity index (χ1) is 8.99. The van der Waals surface area contributed by atoms with Crippen molar-refractivity contribution >= 4 is 29.2 Å². The lowest BCUT2D eigenvalue weighted by atomic mass is 10.4. The minimum atomic E-state index is -1.18. The molecule has 0 fully saturated rings. The molecule has 1 aromatic heterocycles. The predicted octanol–water partition coefficient (Wildman–Crippen LogP) is -0.121. The average Bonchev–Trinajstić information content (AvgIpc) is 2.71. The van der Waals surface area contributed by atoms with E-state index in [-0.39, 0.29) is 6.54 Å². The highest BCUT2D eigenvalue weighted by Gasteiger charge is 2.09. The van der Waals surface area contributed by atoms with Crippen LogP contribution in [0.4, 0.5) is 4.79 Å². The van der Waals surface area contributed by atoms with Gasteiger partial charge in [-0.05, 0) is 6.92 Å². The highest BCUT2D eigenvalue weighted by atomic mass is 32.1. The Morgan fingerprint density at radius 2 is 2.16 bits per heavy atom. The molecule has 104 valence electrons. The van der Waals surface area contributed by atoms with Gasteiger partial charge in [0, 0.05) is 4.88 Å². The molecule has 0 radical (unpaired) electrons. The van der Waals surface area contributed by atoms with Crippen LogP contribution in [0.15, 0.2) is 5.51 Å². The van der Waals surface area contributed by atoms with Gasteiger partial charge in [0.2, 0.25) is 0 Å². The topological polar surface area (TPSA) is 118 Å². The molecule has 0 saturated carbocycles. The molecule has 8 nitrogen and oxygen atoms in total. The molecule has 0 atom stereocenters. The van der Waals surface area contributed by atoms with Crippen molar-refractivity contribution in [3.05, 3.63) is 16.1 Å². The van der Waals surface area contributed by atoms with Gasteiger partial charge in [-0.1, -0.05) is 0 Å². The van der Waals surface area contributed by atoms with Crippen molar-refractivity contribution < 1.29 is 24.2 Å². The number of carboxylic acid groups (broad SMARTS) is 1. The number of ether oxygens (including phenoxy) is 1. The highest BCUT2D eigenvalue weighted by molar-refractivity contribution is 7.09. The minimum absolute atomic E-state index is 0.269. The van der Waals surface area contributed by atoms with Gasteiger partial charge in [0.15, 0.2) is 0 Å². The van der Waals surface area contributed by atoms with Crippen molar-refractivity contribution in [1.82, 2.24) is 15.6 Å². The lowest BCUT2D eigenvalue weighted by molar-refractivity contribution is -0.143. The Kier molecular flexibility index (Phi) is 5.90. The van der Waals surface area contributed by atoms with Gasteiger partial charge >= 0.3 is 12.0 Å². The summed E-state index contributed by atoms with van der Waals surface area (Å²) in [6.07, 6.45) is 0. The van der Waals surface area contributed by atoms with E-state index >= 15 is 0 Å². The van der Waals surface area contributed by atoms with Gasteiger partial charge in [-0.3, -0.25) is 10.1 Å². The SMILES string of the molecule is Cc1ncsc1CNC(=O)NC(=O)COCC(=O)O. The summed E-state index contributed by atoms with van der Waals surface area (Å²) in [6.45, 7) is 1.01. The molecule has 0 aliphatic rings. The number of urea groups is 1. The zero-order valence-electron chi connectivity index (χ0n) is 10.1. The first-order valence-corrected chi connectivity index (χ1v) is 6.13. The van der Waals surface area contributed by atoms with E-state index in [4.69, 9.17) is 5.11 Å².